The van der Waals surface area contributed by atoms with Gasteiger partial charge in [-0.2, -0.15) is 0 Å². The fraction of sp³-hybridized carbons (Fsp3) is 0.625. The first kappa shape index (κ1) is 16.5. The molecule has 0 aromatic carbocycles. The van der Waals surface area contributed by atoms with Gasteiger partial charge in [0.1, 0.15) is 0 Å². The first-order valence-electron chi connectivity index (χ1n) is 7.41. The molecule has 1 aliphatic rings. The van der Waals surface area contributed by atoms with E-state index in [0.29, 0.717) is 12.8 Å². The van der Waals surface area contributed by atoms with Gasteiger partial charge in [0.15, 0.2) is 0 Å². The van der Waals surface area contributed by atoms with Crippen LogP contribution in [0.4, 0.5) is 0 Å². The summed E-state index contributed by atoms with van der Waals surface area (Å²) in [6.07, 6.45) is 11.3. The summed E-state index contributed by atoms with van der Waals surface area (Å²) >= 11 is 0. The van der Waals surface area contributed by atoms with Crippen LogP contribution in [-0.4, -0.2) is 11.9 Å². The maximum atomic E-state index is 12.0. The predicted octanol–water partition coefficient (Wildman–Crippen LogP) is 3.73. The summed E-state index contributed by atoms with van der Waals surface area (Å²) in [5.74, 6) is -1.41. The molecule has 0 spiro atoms. The summed E-state index contributed by atoms with van der Waals surface area (Å²) < 4.78 is 10.2. The molecule has 1 fully saturated rings. The highest BCUT2D eigenvalue weighted by molar-refractivity contribution is 5.82. The fourth-order valence-corrected chi connectivity index (χ4v) is 2.29. The lowest BCUT2D eigenvalue weighted by molar-refractivity contribution is -0.156. The summed E-state index contributed by atoms with van der Waals surface area (Å²) in [7, 11) is 0. The average molecular weight is 280 g/mol. The van der Waals surface area contributed by atoms with E-state index < -0.39 is 0 Å². The van der Waals surface area contributed by atoms with Crippen LogP contribution in [0.2, 0.25) is 0 Å². The Hall–Kier alpha value is -1.58. The Morgan fingerprint density at radius 1 is 0.900 bits per heavy atom. The van der Waals surface area contributed by atoms with Gasteiger partial charge in [-0.15, -0.1) is 0 Å². The first-order valence-corrected chi connectivity index (χ1v) is 7.41. The standard InChI is InChI=1S/C16H24O4/c1-3-5-11-19-15(17)13-9-7-8-10-14(13)16(18)20-12-6-4-2/h5-6,11-14H,3-4,7-10H2,1-2H3/b11-5+,12-6+. The van der Waals surface area contributed by atoms with Crippen molar-refractivity contribution in [2.45, 2.75) is 52.4 Å². The van der Waals surface area contributed by atoms with Gasteiger partial charge in [0.05, 0.1) is 24.4 Å². The Labute approximate surface area is 120 Å². The molecular formula is C16H24O4. The molecule has 20 heavy (non-hydrogen) atoms. The molecule has 0 N–H and O–H groups in total. The monoisotopic (exact) mass is 280 g/mol. The minimum atomic E-state index is -0.382. The van der Waals surface area contributed by atoms with Crippen LogP contribution in [0.3, 0.4) is 0 Å². The van der Waals surface area contributed by atoms with Crippen molar-refractivity contribution >= 4 is 11.9 Å². The lowest BCUT2D eigenvalue weighted by Gasteiger charge is -2.27. The molecule has 0 radical (unpaired) electrons. The number of esters is 2. The van der Waals surface area contributed by atoms with Crippen LogP contribution in [0.15, 0.2) is 24.7 Å². The van der Waals surface area contributed by atoms with E-state index in [1.807, 2.05) is 13.8 Å². The molecule has 1 rings (SSSR count). The van der Waals surface area contributed by atoms with E-state index in [1.165, 1.54) is 12.5 Å². The third-order valence-electron chi connectivity index (χ3n) is 3.40. The summed E-state index contributed by atoms with van der Waals surface area (Å²) in [5.41, 5.74) is 0. The summed E-state index contributed by atoms with van der Waals surface area (Å²) in [6, 6.07) is 0. The normalized spacial score (nSPS) is 23.1. The molecule has 0 aromatic rings. The molecule has 1 saturated carbocycles. The van der Waals surface area contributed by atoms with Crippen LogP contribution in [0.25, 0.3) is 0 Å². The Balaban J connectivity index is 2.61. The second-order valence-corrected chi connectivity index (χ2v) is 4.93. The number of hydrogen-bond donors (Lipinski definition) is 0. The predicted molar refractivity (Wildman–Crippen MR) is 76.5 cm³/mol. The van der Waals surface area contributed by atoms with E-state index in [-0.39, 0.29) is 23.8 Å². The van der Waals surface area contributed by atoms with Crippen molar-refractivity contribution in [3.63, 3.8) is 0 Å². The zero-order valence-electron chi connectivity index (χ0n) is 12.3. The van der Waals surface area contributed by atoms with E-state index >= 15 is 0 Å². The molecule has 0 saturated heterocycles. The molecule has 2 unspecified atom stereocenters. The molecular weight excluding hydrogens is 256 g/mol. The maximum Gasteiger partial charge on any atom is 0.314 e. The summed E-state index contributed by atoms with van der Waals surface area (Å²) in [4.78, 5) is 24.0. The average Bonchev–Trinajstić information content (AvgIpc) is 2.47. The highest BCUT2D eigenvalue weighted by atomic mass is 16.5. The molecule has 1 aliphatic carbocycles. The SMILES string of the molecule is CC/C=C/OC(=O)C1CCCCC1C(=O)O/C=C/CC. The van der Waals surface area contributed by atoms with Gasteiger partial charge in [-0.25, -0.2) is 0 Å². The van der Waals surface area contributed by atoms with E-state index in [4.69, 9.17) is 9.47 Å². The summed E-state index contributed by atoms with van der Waals surface area (Å²) in [6.45, 7) is 3.93. The highest BCUT2D eigenvalue weighted by Crippen LogP contribution is 2.32. The molecule has 0 bridgehead atoms. The minimum absolute atomic E-state index is 0.323. The quantitative estimate of drug-likeness (QED) is 0.549. The lowest BCUT2D eigenvalue weighted by Crippen LogP contribution is -2.33. The molecule has 2 atom stereocenters. The largest absolute Gasteiger partial charge is 0.435 e. The highest BCUT2D eigenvalue weighted by Gasteiger charge is 2.37. The number of hydrogen-bond acceptors (Lipinski definition) is 4. The molecule has 112 valence electrons. The van der Waals surface area contributed by atoms with Crippen molar-refractivity contribution in [1.82, 2.24) is 0 Å². The Morgan fingerprint density at radius 2 is 1.30 bits per heavy atom. The zero-order chi connectivity index (χ0) is 14.8. The molecule has 0 aliphatic heterocycles. The molecule has 0 amide bonds. The van der Waals surface area contributed by atoms with Gasteiger partial charge >= 0.3 is 11.9 Å². The van der Waals surface area contributed by atoms with E-state index in [1.54, 1.807) is 12.2 Å². The second-order valence-electron chi connectivity index (χ2n) is 4.93. The van der Waals surface area contributed by atoms with Crippen molar-refractivity contribution in [1.29, 1.82) is 0 Å². The topological polar surface area (TPSA) is 52.6 Å². The lowest BCUT2D eigenvalue weighted by atomic mass is 9.79. The molecule has 4 nitrogen and oxygen atoms in total. The van der Waals surface area contributed by atoms with Crippen molar-refractivity contribution < 1.29 is 19.1 Å². The Kier molecular flexibility index (Phi) is 7.70. The third kappa shape index (κ3) is 5.19. The van der Waals surface area contributed by atoms with E-state index in [0.717, 1.165) is 25.7 Å². The molecule has 0 heterocycles. The van der Waals surface area contributed by atoms with Crippen molar-refractivity contribution in [3.8, 4) is 0 Å². The van der Waals surface area contributed by atoms with Crippen LogP contribution >= 0.6 is 0 Å². The van der Waals surface area contributed by atoms with E-state index in [9.17, 15) is 9.59 Å². The smallest absolute Gasteiger partial charge is 0.314 e. The van der Waals surface area contributed by atoms with Crippen molar-refractivity contribution in [2.24, 2.45) is 11.8 Å². The Bertz CT molecular complexity index is 335. The second kappa shape index (κ2) is 9.34. The van der Waals surface area contributed by atoms with Gasteiger partial charge in [-0.1, -0.05) is 26.7 Å². The van der Waals surface area contributed by atoms with Gasteiger partial charge < -0.3 is 9.47 Å². The van der Waals surface area contributed by atoms with Gasteiger partial charge in [0.25, 0.3) is 0 Å². The van der Waals surface area contributed by atoms with Gasteiger partial charge in [-0.3, -0.25) is 9.59 Å². The fourth-order valence-electron chi connectivity index (χ4n) is 2.29. The van der Waals surface area contributed by atoms with Gasteiger partial charge in [0, 0.05) is 0 Å². The van der Waals surface area contributed by atoms with E-state index in [2.05, 4.69) is 0 Å². The third-order valence-corrected chi connectivity index (χ3v) is 3.40. The van der Waals surface area contributed by atoms with Crippen LogP contribution in [0.5, 0.6) is 0 Å². The minimum Gasteiger partial charge on any atom is -0.435 e. The summed E-state index contributed by atoms with van der Waals surface area (Å²) in [5, 5.41) is 0. The zero-order valence-corrected chi connectivity index (χ0v) is 12.3. The van der Waals surface area contributed by atoms with Crippen LogP contribution in [-0.2, 0) is 19.1 Å². The number of rotatable bonds is 6. The maximum absolute atomic E-state index is 12.0. The number of allylic oxidation sites excluding steroid dienone is 2. The van der Waals surface area contributed by atoms with Gasteiger partial charge in [-0.05, 0) is 37.8 Å². The van der Waals surface area contributed by atoms with Crippen LogP contribution < -0.4 is 0 Å². The molecule has 0 aromatic heterocycles. The molecule has 4 heteroatoms. The first-order chi connectivity index (χ1) is 9.70. The van der Waals surface area contributed by atoms with Crippen molar-refractivity contribution in [2.75, 3.05) is 0 Å². The van der Waals surface area contributed by atoms with Crippen LogP contribution in [0, 0.1) is 11.8 Å². The van der Waals surface area contributed by atoms with Crippen LogP contribution in [0.1, 0.15) is 52.4 Å². The Morgan fingerprint density at radius 3 is 1.65 bits per heavy atom. The number of ether oxygens (including phenoxy) is 2. The number of carbonyl (C=O) groups excluding carboxylic acids is 2. The van der Waals surface area contributed by atoms with Gasteiger partial charge in [0.2, 0.25) is 0 Å². The number of carbonyl (C=O) groups is 2. The van der Waals surface area contributed by atoms with Crippen molar-refractivity contribution in [3.05, 3.63) is 24.7 Å².